The second kappa shape index (κ2) is 7.51. The quantitative estimate of drug-likeness (QED) is 0.594. The van der Waals surface area contributed by atoms with Gasteiger partial charge in [-0.05, 0) is 43.7 Å². The molecule has 1 aromatic rings. The molecule has 94 valence electrons. The summed E-state index contributed by atoms with van der Waals surface area (Å²) in [5, 5.41) is 11.7. The Morgan fingerprint density at radius 1 is 1.29 bits per heavy atom. The molecule has 0 saturated carbocycles. The Morgan fingerprint density at radius 2 is 2.00 bits per heavy atom. The molecule has 0 fully saturated rings. The predicted octanol–water partition coefficient (Wildman–Crippen LogP) is 1.30. The zero-order valence-electron chi connectivity index (χ0n) is 9.69. The normalized spacial score (nSPS) is 9.94. The maximum atomic E-state index is 10.3. The van der Waals surface area contributed by atoms with Gasteiger partial charge in [-0.2, -0.15) is 0 Å². The van der Waals surface area contributed by atoms with Crippen molar-refractivity contribution >= 4 is 11.7 Å². The Bertz CT molecular complexity index is 338. The van der Waals surface area contributed by atoms with Gasteiger partial charge < -0.3 is 20.9 Å². The summed E-state index contributed by atoms with van der Waals surface area (Å²) in [6.07, 6.45) is 2.04. The van der Waals surface area contributed by atoms with E-state index in [1.54, 1.807) is 12.1 Å². The van der Waals surface area contributed by atoms with Gasteiger partial charge in [0.05, 0.1) is 0 Å². The number of unbranched alkanes of at least 4 members (excludes halogenated alkanes) is 1. The summed E-state index contributed by atoms with van der Waals surface area (Å²) in [4.78, 5) is 10.3. The van der Waals surface area contributed by atoms with E-state index < -0.39 is 5.97 Å². The Balaban J connectivity index is 2.31. The molecule has 17 heavy (non-hydrogen) atoms. The van der Waals surface area contributed by atoms with Crippen LogP contribution >= 0.6 is 0 Å². The highest BCUT2D eigenvalue weighted by Gasteiger charge is 1.99. The lowest BCUT2D eigenvalue weighted by atomic mass is 10.2. The van der Waals surface area contributed by atoms with Crippen molar-refractivity contribution in [3.63, 3.8) is 0 Å². The summed E-state index contributed by atoms with van der Waals surface area (Å²) in [7, 11) is 0. The third-order valence-corrected chi connectivity index (χ3v) is 2.18. The molecule has 0 bridgehead atoms. The highest BCUT2D eigenvalue weighted by Crippen LogP contribution is 2.15. The monoisotopic (exact) mass is 238 g/mol. The minimum atomic E-state index is -0.978. The SMILES string of the molecule is NCCCCNc1ccc(OCC(=O)O)cc1. The summed E-state index contributed by atoms with van der Waals surface area (Å²) in [6, 6.07) is 7.21. The number of carboxylic acid groups (broad SMARTS) is 1. The van der Waals surface area contributed by atoms with E-state index >= 15 is 0 Å². The van der Waals surface area contributed by atoms with E-state index in [9.17, 15) is 4.79 Å². The minimum Gasteiger partial charge on any atom is -0.482 e. The lowest BCUT2D eigenvalue weighted by molar-refractivity contribution is -0.139. The third kappa shape index (κ3) is 5.77. The molecule has 0 aliphatic carbocycles. The number of hydrogen-bond donors (Lipinski definition) is 3. The minimum absolute atomic E-state index is 0.316. The topological polar surface area (TPSA) is 84.6 Å². The lowest BCUT2D eigenvalue weighted by Crippen LogP contribution is -2.09. The van der Waals surface area contributed by atoms with Crippen LogP contribution < -0.4 is 15.8 Å². The number of ether oxygens (including phenoxy) is 1. The Morgan fingerprint density at radius 3 is 2.59 bits per heavy atom. The highest BCUT2D eigenvalue weighted by atomic mass is 16.5. The van der Waals surface area contributed by atoms with Gasteiger partial charge in [0, 0.05) is 12.2 Å². The Hall–Kier alpha value is -1.75. The Kier molecular flexibility index (Phi) is 5.88. The van der Waals surface area contributed by atoms with Crippen molar-refractivity contribution < 1.29 is 14.6 Å². The van der Waals surface area contributed by atoms with Gasteiger partial charge >= 0.3 is 5.97 Å². The Labute approximate surface area is 101 Å². The largest absolute Gasteiger partial charge is 0.482 e. The van der Waals surface area contributed by atoms with Crippen molar-refractivity contribution in [3.8, 4) is 5.75 Å². The van der Waals surface area contributed by atoms with Gasteiger partial charge in [-0.25, -0.2) is 4.79 Å². The van der Waals surface area contributed by atoms with E-state index in [0.717, 1.165) is 25.1 Å². The fourth-order valence-corrected chi connectivity index (χ4v) is 1.32. The standard InChI is InChI=1S/C12H18N2O3/c13-7-1-2-8-14-10-3-5-11(6-4-10)17-9-12(15)16/h3-6,14H,1-2,7-9,13H2,(H,15,16). The van der Waals surface area contributed by atoms with Crippen LogP contribution in [0.25, 0.3) is 0 Å². The van der Waals surface area contributed by atoms with Gasteiger partial charge in [0.25, 0.3) is 0 Å². The molecule has 0 aromatic heterocycles. The molecule has 0 radical (unpaired) electrons. The van der Waals surface area contributed by atoms with Crippen LogP contribution in [0.4, 0.5) is 5.69 Å². The summed E-state index contributed by atoms with van der Waals surface area (Å²) in [6.45, 7) is 1.28. The number of nitrogens with two attached hydrogens (primary N) is 1. The van der Waals surface area contributed by atoms with Crippen LogP contribution in [0.15, 0.2) is 24.3 Å². The van der Waals surface area contributed by atoms with E-state index in [-0.39, 0.29) is 6.61 Å². The lowest BCUT2D eigenvalue weighted by Gasteiger charge is -2.07. The van der Waals surface area contributed by atoms with Crippen molar-refractivity contribution in [2.24, 2.45) is 5.73 Å². The van der Waals surface area contributed by atoms with Gasteiger partial charge in [-0.3, -0.25) is 0 Å². The van der Waals surface area contributed by atoms with Crippen LogP contribution in [0.3, 0.4) is 0 Å². The molecule has 4 N–H and O–H groups in total. The van der Waals surface area contributed by atoms with Crippen LogP contribution in [-0.2, 0) is 4.79 Å². The number of benzene rings is 1. The molecular formula is C12H18N2O3. The van der Waals surface area contributed by atoms with Crippen molar-refractivity contribution in [3.05, 3.63) is 24.3 Å². The van der Waals surface area contributed by atoms with Crippen LogP contribution in [0.2, 0.25) is 0 Å². The maximum Gasteiger partial charge on any atom is 0.341 e. The molecule has 0 saturated heterocycles. The first-order valence-corrected chi connectivity index (χ1v) is 5.61. The van der Waals surface area contributed by atoms with Crippen molar-refractivity contribution in [1.29, 1.82) is 0 Å². The van der Waals surface area contributed by atoms with Gasteiger partial charge in [-0.15, -0.1) is 0 Å². The smallest absolute Gasteiger partial charge is 0.341 e. The molecule has 5 nitrogen and oxygen atoms in total. The van der Waals surface area contributed by atoms with Crippen molar-refractivity contribution in [2.45, 2.75) is 12.8 Å². The van der Waals surface area contributed by atoms with E-state index in [1.165, 1.54) is 0 Å². The summed E-state index contributed by atoms with van der Waals surface area (Å²) in [5.74, 6) is -0.422. The third-order valence-electron chi connectivity index (χ3n) is 2.18. The molecule has 1 aromatic carbocycles. The average molecular weight is 238 g/mol. The number of nitrogens with one attached hydrogen (secondary N) is 1. The van der Waals surface area contributed by atoms with Gasteiger partial charge in [-0.1, -0.05) is 0 Å². The first-order chi connectivity index (χ1) is 8.22. The number of carbonyl (C=O) groups is 1. The summed E-state index contributed by atoms with van der Waals surface area (Å²) >= 11 is 0. The molecule has 0 heterocycles. The summed E-state index contributed by atoms with van der Waals surface area (Å²) < 4.78 is 5.02. The fraction of sp³-hybridized carbons (Fsp3) is 0.417. The fourth-order valence-electron chi connectivity index (χ4n) is 1.32. The van der Waals surface area contributed by atoms with E-state index in [4.69, 9.17) is 15.6 Å². The molecule has 0 atom stereocenters. The van der Waals surface area contributed by atoms with E-state index in [0.29, 0.717) is 12.3 Å². The predicted molar refractivity (Wildman–Crippen MR) is 66.4 cm³/mol. The molecule has 0 aliphatic rings. The zero-order valence-corrected chi connectivity index (χ0v) is 9.69. The first-order valence-electron chi connectivity index (χ1n) is 5.61. The second-order valence-corrected chi connectivity index (χ2v) is 3.63. The maximum absolute atomic E-state index is 10.3. The molecule has 0 spiro atoms. The van der Waals surface area contributed by atoms with E-state index in [2.05, 4.69) is 5.32 Å². The van der Waals surface area contributed by atoms with Crippen LogP contribution in [0.5, 0.6) is 5.75 Å². The molecular weight excluding hydrogens is 220 g/mol. The molecule has 1 rings (SSSR count). The molecule has 5 heteroatoms. The molecule has 0 aliphatic heterocycles. The van der Waals surface area contributed by atoms with Crippen molar-refractivity contribution in [1.82, 2.24) is 0 Å². The molecule has 0 unspecified atom stereocenters. The number of aliphatic carboxylic acids is 1. The van der Waals surface area contributed by atoms with Crippen LogP contribution in [0.1, 0.15) is 12.8 Å². The molecule has 0 amide bonds. The average Bonchev–Trinajstić information content (AvgIpc) is 2.33. The van der Waals surface area contributed by atoms with Gasteiger partial charge in [0.2, 0.25) is 0 Å². The van der Waals surface area contributed by atoms with Crippen molar-refractivity contribution in [2.75, 3.05) is 25.0 Å². The first kappa shape index (κ1) is 13.3. The second-order valence-electron chi connectivity index (χ2n) is 3.63. The van der Waals surface area contributed by atoms with Crippen LogP contribution in [0, 0.1) is 0 Å². The number of rotatable bonds is 8. The number of anilines is 1. The zero-order chi connectivity index (χ0) is 12.5. The number of carboxylic acids is 1. The van der Waals surface area contributed by atoms with Gasteiger partial charge in [0.15, 0.2) is 6.61 Å². The van der Waals surface area contributed by atoms with E-state index in [1.807, 2.05) is 12.1 Å². The summed E-state index contributed by atoms with van der Waals surface area (Å²) in [5.41, 5.74) is 6.38. The van der Waals surface area contributed by atoms with Crippen LogP contribution in [-0.4, -0.2) is 30.8 Å². The highest BCUT2D eigenvalue weighted by molar-refractivity contribution is 5.68. The van der Waals surface area contributed by atoms with Gasteiger partial charge in [0.1, 0.15) is 5.75 Å². The number of hydrogen-bond acceptors (Lipinski definition) is 4.